The number of benzene rings is 1. The predicted octanol–water partition coefficient (Wildman–Crippen LogP) is 4.53. The van der Waals surface area contributed by atoms with Gasteiger partial charge in [-0.1, -0.05) is 35.1 Å². The summed E-state index contributed by atoms with van der Waals surface area (Å²) in [5.74, 6) is 1.27. The van der Waals surface area contributed by atoms with Crippen LogP contribution in [0.1, 0.15) is 21.1 Å². The maximum atomic E-state index is 12.5. The Kier molecular flexibility index (Phi) is 5.24. The fraction of sp³-hybridized carbons (Fsp3) is 0.118. The lowest BCUT2D eigenvalue weighted by Gasteiger charge is -2.08. The molecular weight excluding hydrogens is 372 g/mol. The molecule has 2 aromatic heterocycles. The van der Waals surface area contributed by atoms with Gasteiger partial charge in [-0.25, -0.2) is 19.9 Å². The molecule has 0 saturated heterocycles. The molecule has 0 unspecified atom stereocenters. The average molecular weight is 387 g/mol. The van der Waals surface area contributed by atoms with Gasteiger partial charge in [-0.2, -0.15) is 0 Å². The van der Waals surface area contributed by atoms with E-state index in [9.17, 15) is 4.79 Å². The van der Waals surface area contributed by atoms with Crippen LogP contribution in [0.5, 0.6) is 0 Å². The van der Waals surface area contributed by atoms with Crippen LogP contribution >= 0.6 is 22.9 Å². The number of aromatic nitrogens is 3. The first-order valence-corrected chi connectivity index (χ1v) is 8.77. The summed E-state index contributed by atoms with van der Waals surface area (Å²) in [5, 5.41) is 6.88. The minimum absolute atomic E-state index is 0.279. The molecule has 0 aliphatic rings. The molecule has 7 nitrogen and oxygen atoms in total. The molecule has 132 valence electrons. The highest BCUT2D eigenvalue weighted by molar-refractivity contribution is 7.17. The van der Waals surface area contributed by atoms with E-state index in [2.05, 4.69) is 37.3 Å². The van der Waals surface area contributed by atoms with Crippen molar-refractivity contribution in [1.82, 2.24) is 15.0 Å². The van der Waals surface area contributed by atoms with Crippen molar-refractivity contribution in [1.29, 1.82) is 0 Å². The lowest BCUT2D eigenvalue weighted by Crippen LogP contribution is -2.11. The Bertz CT molecular complexity index is 967. The third-order valence-corrected chi connectivity index (χ3v) is 4.64. The van der Waals surface area contributed by atoms with Crippen molar-refractivity contribution in [3.8, 4) is 0 Å². The van der Waals surface area contributed by atoms with Crippen molar-refractivity contribution in [2.75, 3.05) is 10.6 Å². The molecule has 2 heterocycles. The Morgan fingerprint density at radius 3 is 2.85 bits per heavy atom. The monoisotopic (exact) mass is 386 g/mol. The summed E-state index contributed by atoms with van der Waals surface area (Å²) in [5.41, 5.74) is 1.48. The van der Waals surface area contributed by atoms with Gasteiger partial charge in [-0.15, -0.1) is 0 Å². The highest BCUT2D eigenvalue weighted by Crippen LogP contribution is 2.28. The van der Waals surface area contributed by atoms with Gasteiger partial charge in [-0.05, 0) is 32.2 Å². The minimum Gasteiger partial charge on any atom is -0.320 e. The van der Waals surface area contributed by atoms with E-state index in [1.165, 1.54) is 17.5 Å². The molecule has 0 bridgehead atoms. The van der Waals surface area contributed by atoms with Crippen LogP contribution in [0.2, 0.25) is 5.02 Å². The molecule has 1 aromatic carbocycles. The lowest BCUT2D eigenvalue weighted by atomic mass is 10.2. The Morgan fingerprint density at radius 2 is 2.12 bits per heavy atom. The van der Waals surface area contributed by atoms with Gasteiger partial charge < -0.3 is 10.6 Å². The summed E-state index contributed by atoms with van der Waals surface area (Å²) in [6.45, 7) is 7.09. The van der Waals surface area contributed by atoms with Crippen molar-refractivity contribution in [2.45, 2.75) is 13.8 Å². The first-order valence-electron chi connectivity index (χ1n) is 7.58. The quantitative estimate of drug-likeness (QED) is 0.628. The van der Waals surface area contributed by atoms with Crippen LogP contribution in [-0.4, -0.2) is 27.6 Å². The summed E-state index contributed by atoms with van der Waals surface area (Å²) in [4.78, 5) is 29.3. The second-order valence-corrected chi connectivity index (χ2v) is 6.80. The number of rotatable bonds is 5. The second-order valence-electron chi connectivity index (χ2n) is 5.36. The molecule has 3 aromatic rings. The van der Waals surface area contributed by atoms with Crippen LogP contribution in [-0.2, 0) is 0 Å². The number of aryl methyl sites for hydroxylation is 2. The zero-order valence-electron chi connectivity index (χ0n) is 14.1. The van der Waals surface area contributed by atoms with Gasteiger partial charge in [0.05, 0.1) is 16.9 Å². The summed E-state index contributed by atoms with van der Waals surface area (Å²) in [6.07, 6.45) is 1.50. The fourth-order valence-corrected chi connectivity index (χ4v) is 3.20. The largest absolute Gasteiger partial charge is 0.320 e. The number of nitrogens with zero attached hydrogens (tertiary/aromatic N) is 4. The number of thiazole rings is 1. The van der Waals surface area contributed by atoms with E-state index < -0.39 is 0 Å². The van der Waals surface area contributed by atoms with Gasteiger partial charge in [0.2, 0.25) is 0 Å². The Labute approximate surface area is 159 Å². The molecule has 9 heteroatoms. The van der Waals surface area contributed by atoms with Gasteiger partial charge in [-0.3, -0.25) is 4.79 Å². The van der Waals surface area contributed by atoms with E-state index in [0.29, 0.717) is 38.2 Å². The van der Waals surface area contributed by atoms with Crippen LogP contribution in [0.25, 0.3) is 0 Å². The van der Waals surface area contributed by atoms with Gasteiger partial charge in [0.25, 0.3) is 5.91 Å². The smallest absolute Gasteiger partial charge is 0.267 e. The van der Waals surface area contributed by atoms with Crippen molar-refractivity contribution >= 4 is 58.0 Å². The summed E-state index contributed by atoms with van der Waals surface area (Å²) < 4.78 is 0. The topological polar surface area (TPSA) is 92.2 Å². The Balaban J connectivity index is 1.76. The molecule has 2 N–H and O–H groups in total. The fourth-order valence-electron chi connectivity index (χ4n) is 2.21. The van der Waals surface area contributed by atoms with E-state index in [1.807, 2.05) is 19.1 Å². The first-order chi connectivity index (χ1) is 12.5. The normalized spacial score (nSPS) is 10.4. The van der Waals surface area contributed by atoms with Crippen LogP contribution < -0.4 is 10.6 Å². The third kappa shape index (κ3) is 4.04. The molecule has 0 aliphatic carbocycles. The molecule has 0 fully saturated rings. The number of halogens is 1. The lowest BCUT2D eigenvalue weighted by molar-refractivity contribution is 0.103. The average Bonchev–Trinajstić information content (AvgIpc) is 3.06. The van der Waals surface area contributed by atoms with Crippen LogP contribution in [0.4, 0.5) is 22.5 Å². The van der Waals surface area contributed by atoms with Crippen molar-refractivity contribution < 1.29 is 4.79 Å². The molecule has 0 saturated carbocycles. The minimum atomic E-state index is -0.279. The van der Waals surface area contributed by atoms with Crippen LogP contribution in [0.3, 0.4) is 0 Å². The number of hydrogen-bond donors (Lipinski definition) is 2. The molecule has 0 spiro atoms. The van der Waals surface area contributed by atoms with E-state index >= 15 is 0 Å². The molecular formula is C17H15ClN6OS. The molecule has 0 aliphatic heterocycles. The maximum Gasteiger partial charge on any atom is 0.267 e. The third-order valence-electron chi connectivity index (χ3n) is 3.41. The number of para-hydroxylation sites is 1. The van der Waals surface area contributed by atoms with Crippen LogP contribution in [0.15, 0.2) is 35.5 Å². The summed E-state index contributed by atoms with van der Waals surface area (Å²) in [6, 6.07) is 7.09. The molecule has 1 amide bonds. The van der Waals surface area contributed by atoms with Gasteiger partial charge >= 0.3 is 0 Å². The zero-order chi connectivity index (χ0) is 18.7. The van der Waals surface area contributed by atoms with Gasteiger partial charge in [0.1, 0.15) is 16.5 Å². The molecule has 0 atom stereocenters. The highest BCUT2D eigenvalue weighted by Gasteiger charge is 2.14. The Hall–Kier alpha value is -2.84. The van der Waals surface area contributed by atoms with Crippen LogP contribution in [0, 0.1) is 13.8 Å². The molecule has 26 heavy (non-hydrogen) atoms. The van der Waals surface area contributed by atoms with Gasteiger partial charge in [0.15, 0.2) is 10.9 Å². The standard InChI is InChI=1S/C17H15ClN6OS/c1-9-5-4-6-11(18)15(9)24-16(25)12-8-20-17(26-12)23-14-7-13(19-3)21-10(2)22-14/h4-8H,3H2,1-2H3,(H,24,25)(H,20,21,22,23). The number of hydrogen-bond acceptors (Lipinski definition) is 7. The molecule has 3 rings (SSSR count). The number of carbonyl (C=O) groups is 1. The SMILES string of the molecule is C=Nc1cc(Nc2ncc(C(=O)Nc3c(C)cccc3Cl)s2)nc(C)n1. The predicted molar refractivity (Wildman–Crippen MR) is 106 cm³/mol. The highest BCUT2D eigenvalue weighted by atomic mass is 35.5. The number of nitrogens with one attached hydrogen (secondary N) is 2. The maximum absolute atomic E-state index is 12.5. The van der Waals surface area contributed by atoms with Crippen molar-refractivity contribution in [3.05, 3.63) is 51.7 Å². The Morgan fingerprint density at radius 1 is 1.31 bits per heavy atom. The summed E-state index contributed by atoms with van der Waals surface area (Å²) >= 11 is 7.35. The van der Waals surface area contributed by atoms with E-state index in [4.69, 9.17) is 11.6 Å². The van der Waals surface area contributed by atoms with E-state index in [1.54, 1.807) is 19.1 Å². The van der Waals surface area contributed by atoms with Gasteiger partial charge in [0, 0.05) is 6.07 Å². The molecule has 0 radical (unpaired) electrons. The van der Waals surface area contributed by atoms with E-state index in [-0.39, 0.29) is 5.91 Å². The number of anilines is 3. The second kappa shape index (κ2) is 7.59. The zero-order valence-corrected chi connectivity index (χ0v) is 15.6. The number of carbonyl (C=O) groups excluding carboxylic acids is 1. The first kappa shape index (κ1) is 18.0. The van der Waals surface area contributed by atoms with E-state index in [0.717, 1.165) is 5.56 Å². The number of amides is 1. The number of aliphatic imine (C=N–C) groups is 1. The van der Waals surface area contributed by atoms with Crippen molar-refractivity contribution in [3.63, 3.8) is 0 Å². The summed E-state index contributed by atoms with van der Waals surface area (Å²) in [7, 11) is 0. The van der Waals surface area contributed by atoms with Crippen molar-refractivity contribution in [2.24, 2.45) is 4.99 Å².